The zero-order chi connectivity index (χ0) is 14.5. The number of methoxy groups -OCH3 is 1. The normalized spacial score (nSPS) is 11.1. The van der Waals surface area contributed by atoms with Crippen LogP contribution in [-0.2, 0) is 14.8 Å². The van der Waals surface area contributed by atoms with Crippen LogP contribution in [0.2, 0.25) is 0 Å². The second-order valence-corrected chi connectivity index (χ2v) is 6.30. The summed E-state index contributed by atoms with van der Waals surface area (Å²) in [6, 6.07) is 4.47. The van der Waals surface area contributed by atoms with Gasteiger partial charge in [-0.2, -0.15) is 0 Å². The molecule has 0 aliphatic rings. The molecule has 0 aliphatic heterocycles. The Bertz CT molecular complexity index is 560. The van der Waals surface area contributed by atoms with Crippen LogP contribution in [0.5, 0.6) is 5.75 Å². The smallest absolute Gasteiger partial charge is 0.240 e. The maximum Gasteiger partial charge on any atom is 0.240 e. The van der Waals surface area contributed by atoms with Crippen molar-refractivity contribution in [3.63, 3.8) is 0 Å². The number of rotatable bonds is 6. The molecule has 8 heteroatoms. The summed E-state index contributed by atoms with van der Waals surface area (Å²) in [4.78, 5) is 10.8. The molecule has 1 rings (SSSR count). The first-order valence-corrected chi connectivity index (χ1v) is 7.72. The minimum atomic E-state index is -3.59. The Balaban J connectivity index is 2.72. The van der Waals surface area contributed by atoms with Gasteiger partial charge in [0.15, 0.2) is 0 Å². The van der Waals surface area contributed by atoms with Crippen LogP contribution in [0.1, 0.15) is 6.92 Å². The van der Waals surface area contributed by atoms with Crippen LogP contribution in [0.25, 0.3) is 0 Å². The van der Waals surface area contributed by atoms with Gasteiger partial charge >= 0.3 is 0 Å². The lowest BCUT2D eigenvalue weighted by Gasteiger charge is -2.09. The van der Waals surface area contributed by atoms with Crippen molar-refractivity contribution in [2.45, 2.75) is 11.8 Å². The van der Waals surface area contributed by atoms with Crippen LogP contribution in [0.15, 0.2) is 27.6 Å². The van der Waals surface area contributed by atoms with Crippen molar-refractivity contribution in [2.24, 2.45) is 0 Å². The van der Waals surface area contributed by atoms with E-state index in [4.69, 9.17) is 4.74 Å². The standard InChI is InChI=1S/C11H15BrN2O4S/c1-8(15)13-5-6-14-19(16,17)9-3-4-11(18-2)10(12)7-9/h3-4,7,14H,5-6H2,1-2H3,(H,13,15). The highest BCUT2D eigenvalue weighted by Gasteiger charge is 2.15. The summed E-state index contributed by atoms with van der Waals surface area (Å²) in [6.45, 7) is 1.74. The van der Waals surface area contributed by atoms with Gasteiger partial charge in [0.1, 0.15) is 5.75 Å². The summed E-state index contributed by atoms with van der Waals surface area (Å²) in [7, 11) is -2.09. The average molecular weight is 351 g/mol. The third kappa shape index (κ3) is 4.81. The SMILES string of the molecule is COc1ccc(S(=O)(=O)NCCNC(C)=O)cc1Br. The molecule has 1 aromatic rings. The minimum Gasteiger partial charge on any atom is -0.496 e. The van der Waals surface area contributed by atoms with Crippen molar-refractivity contribution in [1.29, 1.82) is 0 Å². The van der Waals surface area contributed by atoms with E-state index in [0.29, 0.717) is 10.2 Å². The molecule has 1 amide bonds. The van der Waals surface area contributed by atoms with Gasteiger partial charge in [0.2, 0.25) is 15.9 Å². The van der Waals surface area contributed by atoms with Crippen LogP contribution < -0.4 is 14.8 Å². The Morgan fingerprint density at radius 2 is 2.05 bits per heavy atom. The van der Waals surface area contributed by atoms with E-state index in [-0.39, 0.29) is 23.9 Å². The van der Waals surface area contributed by atoms with E-state index in [1.807, 2.05) is 0 Å². The largest absolute Gasteiger partial charge is 0.496 e. The second kappa shape index (κ2) is 6.88. The van der Waals surface area contributed by atoms with Gasteiger partial charge in [0, 0.05) is 20.0 Å². The number of nitrogens with one attached hydrogen (secondary N) is 2. The number of carbonyl (C=O) groups excluding carboxylic acids is 1. The lowest BCUT2D eigenvalue weighted by Crippen LogP contribution is -2.33. The molecular formula is C11H15BrN2O4S. The molecule has 0 aromatic heterocycles. The fraction of sp³-hybridized carbons (Fsp3) is 0.364. The Morgan fingerprint density at radius 1 is 1.37 bits per heavy atom. The van der Waals surface area contributed by atoms with E-state index < -0.39 is 10.0 Å². The zero-order valence-electron chi connectivity index (χ0n) is 10.6. The fourth-order valence-corrected chi connectivity index (χ4v) is 3.07. The molecule has 0 fully saturated rings. The number of hydrogen-bond donors (Lipinski definition) is 2. The monoisotopic (exact) mass is 350 g/mol. The van der Waals surface area contributed by atoms with E-state index in [2.05, 4.69) is 26.0 Å². The molecule has 0 saturated carbocycles. The minimum absolute atomic E-state index is 0.128. The maximum absolute atomic E-state index is 11.9. The molecule has 106 valence electrons. The molecule has 0 bridgehead atoms. The van der Waals surface area contributed by atoms with Crippen LogP contribution in [0, 0.1) is 0 Å². The summed E-state index contributed by atoms with van der Waals surface area (Å²) in [5.74, 6) is 0.351. The zero-order valence-corrected chi connectivity index (χ0v) is 13.0. The van der Waals surface area contributed by atoms with Crippen LogP contribution >= 0.6 is 15.9 Å². The van der Waals surface area contributed by atoms with Gasteiger partial charge in [-0.25, -0.2) is 13.1 Å². The average Bonchev–Trinajstić information content (AvgIpc) is 2.34. The summed E-state index contributed by atoms with van der Waals surface area (Å²) in [5.41, 5.74) is 0. The van der Waals surface area contributed by atoms with Crippen molar-refractivity contribution in [1.82, 2.24) is 10.0 Å². The molecule has 0 atom stereocenters. The molecule has 0 aliphatic carbocycles. The van der Waals surface area contributed by atoms with Crippen LogP contribution in [0.4, 0.5) is 0 Å². The fourth-order valence-electron chi connectivity index (χ4n) is 1.32. The van der Waals surface area contributed by atoms with Crippen molar-refractivity contribution in [3.05, 3.63) is 22.7 Å². The number of sulfonamides is 1. The van der Waals surface area contributed by atoms with Crippen LogP contribution in [-0.4, -0.2) is 34.5 Å². The highest BCUT2D eigenvalue weighted by Crippen LogP contribution is 2.27. The van der Waals surface area contributed by atoms with E-state index in [1.54, 1.807) is 6.07 Å². The van der Waals surface area contributed by atoms with Gasteiger partial charge in [0.05, 0.1) is 16.5 Å². The highest BCUT2D eigenvalue weighted by atomic mass is 79.9. The molecular weight excluding hydrogens is 336 g/mol. The Morgan fingerprint density at radius 3 is 2.58 bits per heavy atom. The third-order valence-electron chi connectivity index (χ3n) is 2.22. The van der Waals surface area contributed by atoms with Crippen LogP contribution in [0.3, 0.4) is 0 Å². The van der Waals surface area contributed by atoms with Gasteiger partial charge in [0.25, 0.3) is 0 Å². The first kappa shape index (κ1) is 15.9. The molecule has 1 aromatic carbocycles. The Labute approximate surface area is 120 Å². The molecule has 0 unspecified atom stereocenters. The molecule has 0 heterocycles. The molecule has 19 heavy (non-hydrogen) atoms. The number of carbonyl (C=O) groups is 1. The maximum atomic E-state index is 11.9. The molecule has 2 N–H and O–H groups in total. The summed E-state index contributed by atoms with van der Waals surface area (Å²) in [5, 5.41) is 2.50. The van der Waals surface area contributed by atoms with Gasteiger partial charge < -0.3 is 10.1 Å². The second-order valence-electron chi connectivity index (χ2n) is 3.68. The van der Waals surface area contributed by atoms with Crippen molar-refractivity contribution < 1.29 is 17.9 Å². The summed E-state index contributed by atoms with van der Waals surface area (Å²) >= 11 is 3.23. The molecule has 0 saturated heterocycles. The third-order valence-corrected chi connectivity index (χ3v) is 4.30. The summed E-state index contributed by atoms with van der Waals surface area (Å²) < 4.78 is 31.9. The lowest BCUT2D eigenvalue weighted by atomic mass is 10.3. The van der Waals surface area contributed by atoms with Gasteiger partial charge in [-0.15, -0.1) is 0 Å². The quantitative estimate of drug-likeness (QED) is 0.745. The summed E-state index contributed by atoms with van der Waals surface area (Å²) in [6.07, 6.45) is 0. The molecule has 0 radical (unpaired) electrons. The topological polar surface area (TPSA) is 84.5 Å². The van der Waals surface area contributed by atoms with Crippen molar-refractivity contribution in [3.8, 4) is 5.75 Å². The van der Waals surface area contributed by atoms with Crippen molar-refractivity contribution >= 4 is 31.9 Å². The number of halogens is 1. The number of ether oxygens (including phenoxy) is 1. The molecule has 0 spiro atoms. The van der Waals surface area contributed by atoms with Crippen molar-refractivity contribution in [2.75, 3.05) is 20.2 Å². The Kier molecular flexibility index (Phi) is 5.77. The lowest BCUT2D eigenvalue weighted by molar-refractivity contribution is -0.118. The predicted molar refractivity (Wildman–Crippen MR) is 74.6 cm³/mol. The van der Waals surface area contributed by atoms with E-state index >= 15 is 0 Å². The number of amides is 1. The van der Waals surface area contributed by atoms with Gasteiger partial charge in [-0.1, -0.05) is 0 Å². The van der Waals surface area contributed by atoms with E-state index in [9.17, 15) is 13.2 Å². The number of benzene rings is 1. The highest BCUT2D eigenvalue weighted by molar-refractivity contribution is 9.10. The first-order chi connectivity index (χ1) is 8.86. The van der Waals surface area contributed by atoms with E-state index in [0.717, 1.165) is 0 Å². The first-order valence-electron chi connectivity index (χ1n) is 5.44. The van der Waals surface area contributed by atoms with E-state index in [1.165, 1.54) is 26.2 Å². The molecule has 6 nitrogen and oxygen atoms in total. The predicted octanol–water partition coefficient (Wildman–Crippen LogP) is 0.872. The number of hydrogen-bond acceptors (Lipinski definition) is 4. The van der Waals surface area contributed by atoms with Gasteiger partial charge in [-0.3, -0.25) is 4.79 Å². The Hall–Kier alpha value is -1.12. The van der Waals surface area contributed by atoms with Gasteiger partial charge in [-0.05, 0) is 34.1 Å².